The van der Waals surface area contributed by atoms with E-state index >= 15 is 0 Å². The second-order valence-corrected chi connectivity index (χ2v) is 5.61. The van der Waals surface area contributed by atoms with Gasteiger partial charge in [0.1, 0.15) is 5.15 Å². The van der Waals surface area contributed by atoms with Crippen molar-refractivity contribution < 1.29 is 8.42 Å². The predicted octanol–water partition coefficient (Wildman–Crippen LogP) is 2.12. The van der Waals surface area contributed by atoms with Crippen molar-refractivity contribution in [3.05, 3.63) is 47.7 Å². The van der Waals surface area contributed by atoms with Crippen molar-refractivity contribution in [3.8, 4) is 0 Å². The maximum absolute atomic E-state index is 12.0. The number of nitrogen functional groups attached to an aromatic ring is 1. The van der Waals surface area contributed by atoms with E-state index in [1.165, 1.54) is 42.6 Å². The van der Waals surface area contributed by atoms with Gasteiger partial charge in [-0.3, -0.25) is 4.72 Å². The van der Waals surface area contributed by atoms with Crippen molar-refractivity contribution in [2.45, 2.75) is 4.90 Å². The van der Waals surface area contributed by atoms with Crippen LogP contribution in [0.25, 0.3) is 0 Å². The molecule has 1 aromatic carbocycles. The molecule has 0 aliphatic carbocycles. The van der Waals surface area contributed by atoms with Crippen molar-refractivity contribution in [1.82, 2.24) is 4.98 Å². The monoisotopic (exact) mass is 283 g/mol. The summed E-state index contributed by atoms with van der Waals surface area (Å²) in [5.74, 6) is 0. The van der Waals surface area contributed by atoms with Gasteiger partial charge in [-0.1, -0.05) is 11.6 Å². The lowest BCUT2D eigenvalue weighted by Crippen LogP contribution is -2.13. The number of sulfonamides is 1. The van der Waals surface area contributed by atoms with Crippen molar-refractivity contribution in [3.63, 3.8) is 0 Å². The van der Waals surface area contributed by atoms with Gasteiger partial charge in [0.05, 0.1) is 16.8 Å². The Balaban J connectivity index is 2.27. The third-order valence-corrected chi connectivity index (χ3v) is 3.79. The summed E-state index contributed by atoms with van der Waals surface area (Å²) in [4.78, 5) is 3.92. The van der Waals surface area contributed by atoms with Gasteiger partial charge in [0, 0.05) is 5.69 Å². The summed E-state index contributed by atoms with van der Waals surface area (Å²) in [5, 5.41) is 0.297. The van der Waals surface area contributed by atoms with Gasteiger partial charge < -0.3 is 5.73 Å². The largest absolute Gasteiger partial charge is 0.399 e. The zero-order valence-corrected chi connectivity index (χ0v) is 10.7. The highest BCUT2D eigenvalue weighted by molar-refractivity contribution is 7.92. The summed E-state index contributed by atoms with van der Waals surface area (Å²) in [7, 11) is -3.63. The molecule has 0 atom stereocenters. The minimum absolute atomic E-state index is 0.131. The van der Waals surface area contributed by atoms with Crippen molar-refractivity contribution >= 4 is 33.0 Å². The Morgan fingerprint density at radius 3 is 2.33 bits per heavy atom. The molecule has 0 spiro atoms. The molecular weight excluding hydrogens is 274 g/mol. The highest BCUT2D eigenvalue weighted by Gasteiger charge is 2.13. The molecule has 0 radical (unpaired) electrons. The van der Waals surface area contributed by atoms with E-state index in [9.17, 15) is 8.42 Å². The smallest absolute Gasteiger partial charge is 0.261 e. The quantitative estimate of drug-likeness (QED) is 0.667. The van der Waals surface area contributed by atoms with E-state index in [1.807, 2.05) is 0 Å². The fourth-order valence-corrected chi connectivity index (χ4v) is 2.45. The fourth-order valence-electron chi connectivity index (χ4n) is 1.30. The average molecular weight is 284 g/mol. The summed E-state index contributed by atoms with van der Waals surface area (Å²) in [6.07, 6.45) is 1.34. The number of nitrogens with two attached hydrogens (primary N) is 1. The van der Waals surface area contributed by atoms with Crippen LogP contribution in [0, 0.1) is 0 Å². The van der Waals surface area contributed by atoms with Crippen LogP contribution in [0.3, 0.4) is 0 Å². The van der Waals surface area contributed by atoms with E-state index < -0.39 is 10.0 Å². The van der Waals surface area contributed by atoms with Crippen LogP contribution in [-0.4, -0.2) is 13.4 Å². The van der Waals surface area contributed by atoms with Gasteiger partial charge in [-0.2, -0.15) is 0 Å². The summed E-state index contributed by atoms with van der Waals surface area (Å²) in [6.45, 7) is 0. The molecule has 0 saturated carbocycles. The van der Waals surface area contributed by atoms with Gasteiger partial charge in [-0.25, -0.2) is 13.4 Å². The Bertz CT molecular complexity index is 639. The number of benzene rings is 1. The molecule has 0 amide bonds. The van der Waals surface area contributed by atoms with Crippen molar-refractivity contribution in [1.29, 1.82) is 0 Å². The minimum Gasteiger partial charge on any atom is -0.399 e. The number of nitrogens with one attached hydrogen (secondary N) is 1. The number of rotatable bonds is 3. The molecule has 5 nitrogen and oxygen atoms in total. The summed E-state index contributed by atoms with van der Waals surface area (Å²) >= 11 is 5.62. The van der Waals surface area contributed by atoms with Crippen molar-refractivity contribution in [2.75, 3.05) is 10.5 Å². The number of anilines is 2. The molecule has 0 unspecified atom stereocenters. The van der Waals surface area contributed by atoms with Crippen molar-refractivity contribution in [2.24, 2.45) is 0 Å². The van der Waals surface area contributed by atoms with Gasteiger partial charge in [0.15, 0.2) is 0 Å². The lowest BCUT2D eigenvalue weighted by molar-refractivity contribution is 0.601. The summed E-state index contributed by atoms with van der Waals surface area (Å²) in [6, 6.07) is 8.94. The molecule has 0 aliphatic rings. The highest BCUT2D eigenvalue weighted by Crippen LogP contribution is 2.17. The molecule has 1 heterocycles. The molecule has 0 aliphatic heterocycles. The number of halogens is 1. The second-order valence-electron chi connectivity index (χ2n) is 3.54. The number of hydrogen-bond donors (Lipinski definition) is 2. The third kappa shape index (κ3) is 2.91. The molecule has 18 heavy (non-hydrogen) atoms. The van der Waals surface area contributed by atoms with Crippen LogP contribution in [0.4, 0.5) is 11.4 Å². The van der Waals surface area contributed by atoms with Crippen LogP contribution in [0.5, 0.6) is 0 Å². The maximum Gasteiger partial charge on any atom is 0.261 e. The number of aromatic nitrogens is 1. The first-order valence-corrected chi connectivity index (χ1v) is 6.83. The Morgan fingerprint density at radius 1 is 1.11 bits per heavy atom. The minimum atomic E-state index is -3.63. The molecule has 1 aromatic heterocycles. The summed E-state index contributed by atoms with van der Waals surface area (Å²) < 4.78 is 26.4. The number of nitrogens with zero attached hydrogens (tertiary/aromatic N) is 1. The van der Waals surface area contributed by atoms with Crippen LogP contribution >= 0.6 is 11.6 Å². The fraction of sp³-hybridized carbons (Fsp3) is 0. The standard InChI is InChI=1S/C11H10ClN3O2S/c12-11-6-3-9(7-14-11)15-18(16,17)10-4-1-8(13)2-5-10/h1-7,15H,13H2. The Labute approximate surface area is 110 Å². The maximum atomic E-state index is 12.0. The van der Waals surface area contributed by atoms with Gasteiger partial charge in [-0.15, -0.1) is 0 Å². The highest BCUT2D eigenvalue weighted by atomic mass is 35.5. The van der Waals surface area contributed by atoms with E-state index in [0.29, 0.717) is 16.5 Å². The molecular formula is C11H10ClN3O2S. The zero-order chi connectivity index (χ0) is 13.2. The molecule has 0 bridgehead atoms. The lowest BCUT2D eigenvalue weighted by Gasteiger charge is -2.07. The first kappa shape index (κ1) is 12.7. The van der Waals surface area contributed by atoms with E-state index in [2.05, 4.69) is 9.71 Å². The molecule has 7 heteroatoms. The normalized spacial score (nSPS) is 11.2. The first-order valence-electron chi connectivity index (χ1n) is 4.97. The van der Waals surface area contributed by atoms with Gasteiger partial charge in [0.2, 0.25) is 0 Å². The SMILES string of the molecule is Nc1ccc(S(=O)(=O)Nc2ccc(Cl)nc2)cc1. The topological polar surface area (TPSA) is 85.1 Å². The second kappa shape index (κ2) is 4.83. The van der Waals surface area contributed by atoms with Crippen LogP contribution < -0.4 is 10.5 Å². The van der Waals surface area contributed by atoms with E-state index in [1.54, 1.807) is 0 Å². The number of pyridine rings is 1. The zero-order valence-electron chi connectivity index (χ0n) is 9.17. The molecule has 0 saturated heterocycles. The third-order valence-electron chi connectivity index (χ3n) is 2.17. The first-order chi connectivity index (χ1) is 8.47. The number of hydrogen-bond acceptors (Lipinski definition) is 4. The molecule has 94 valence electrons. The van der Waals surface area contributed by atoms with Crippen LogP contribution in [-0.2, 0) is 10.0 Å². The molecule has 2 rings (SSSR count). The molecule has 2 aromatic rings. The lowest BCUT2D eigenvalue weighted by atomic mass is 10.3. The average Bonchev–Trinajstić information content (AvgIpc) is 2.32. The van der Waals surface area contributed by atoms with Crippen LogP contribution in [0.2, 0.25) is 5.15 Å². The Hall–Kier alpha value is -1.79. The van der Waals surface area contributed by atoms with Crippen LogP contribution in [0.15, 0.2) is 47.5 Å². The summed E-state index contributed by atoms with van der Waals surface area (Å²) in [5.41, 5.74) is 6.34. The van der Waals surface area contributed by atoms with Gasteiger partial charge in [0.25, 0.3) is 10.0 Å². The molecule has 3 N–H and O–H groups in total. The Morgan fingerprint density at radius 2 is 1.78 bits per heavy atom. The Kier molecular flexibility index (Phi) is 3.40. The van der Waals surface area contributed by atoms with Gasteiger partial charge >= 0.3 is 0 Å². The molecule has 0 fully saturated rings. The van der Waals surface area contributed by atoms with Gasteiger partial charge in [-0.05, 0) is 36.4 Å². The van der Waals surface area contributed by atoms with E-state index in [4.69, 9.17) is 17.3 Å². The van der Waals surface area contributed by atoms with E-state index in [0.717, 1.165) is 0 Å². The van der Waals surface area contributed by atoms with Crippen LogP contribution in [0.1, 0.15) is 0 Å². The predicted molar refractivity (Wildman–Crippen MR) is 70.9 cm³/mol. The van der Waals surface area contributed by atoms with E-state index in [-0.39, 0.29) is 4.90 Å².